The Morgan fingerprint density at radius 1 is 1.33 bits per heavy atom. The maximum Gasteiger partial charge on any atom is 0.317 e. The van der Waals surface area contributed by atoms with E-state index in [0.717, 1.165) is 18.8 Å². The van der Waals surface area contributed by atoms with Crippen molar-refractivity contribution < 1.29 is 14.7 Å². The summed E-state index contributed by atoms with van der Waals surface area (Å²) in [4.78, 5) is 24.3. The van der Waals surface area contributed by atoms with Crippen LogP contribution in [-0.2, 0) is 4.79 Å². The molecule has 18 heavy (non-hydrogen) atoms. The first-order chi connectivity index (χ1) is 8.58. The van der Waals surface area contributed by atoms with Crippen molar-refractivity contribution >= 4 is 12.0 Å². The van der Waals surface area contributed by atoms with Gasteiger partial charge in [-0.1, -0.05) is 6.92 Å². The lowest BCUT2D eigenvalue weighted by Gasteiger charge is -2.23. The molecule has 0 saturated heterocycles. The molecular formula is C13H22N2O3. The standard InChI is InChI=1S/C13H22N2O3/c1-9(10-2-3-10)8-14-13(18)15(11-4-5-11)7-6-12(16)17/h9-11H,2-8H2,1H3,(H,14,18)(H,16,17). The zero-order chi connectivity index (χ0) is 13.1. The fourth-order valence-electron chi connectivity index (χ4n) is 2.23. The highest BCUT2D eigenvalue weighted by Crippen LogP contribution is 2.36. The fourth-order valence-corrected chi connectivity index (χ4v) is 2.23. The molecule has 0 aromatic heterocycles. The first-order valence-corrected chi connectivity index (χ1v) is 6.84. The molecular weight excluding hydrogens is 232 g/mol. The molecule has 5 heteroatoms. The highest BCUT2D eigenvalue weighted by molar-refractivity contribution is 5.76. The number of hydrogen-bond acceptors (Lipinski definition) is 2. The van der Waals surface area contributed by atoms with Crippen LogP contribution < -0.4 is 5.32 Å². The molecule has 0 bridgehead atoms. The number of hydrogen-bond donors (Lipinski definition) is 2. The maximum atomic E-state index is 12.0. The zero-order valence-electron chi connectivity index (χ0n) is 10.9. The van der Waals surface area contributed by atoms with Gasteiger partial charge in [0.05, 0.1) is 6.42 Å². The van der Waals surface area contributed by atoms with Crippen LogP contribution in [0.2, 0.25) is 0 Å². The number of carboxylic acids is 1. The summed E-state index contributed by atoms with van der Waals surface area (Å²) in [6.45, 7) is 3.19. The summed E-state index contributed by atoms with van der Waals surface area (Å²) in [5.41, 5.74) is 0. The predicted molar refractivity (Wildman–Crippen MR) is 67.3 cm³/mol. The lowest BCUT2D eigenvalue weighted by Crippen LogP contribution is -2.44. The van der Waals surface area contributed by atoms with Gasteiger partial charge in [-0.3, -0.25) is 4.79 Å². The van der Waals surface area contributed by atoms with E-state index in [1.165, 1.54) is 12.8 Å². The minimum Gasteiger partial charge on any atom is -0.481 e. The minimum atomic E-state index is -0.847. The maximum absolute atomic E-state index is 12.0. The molecule has 2 aliphatic rings. The zero-order valence-corrected chi connectivity index (χ0v) is 10.9. The number of carbonyl (C=O) groups is 2. The summed E-state index contributed by atoms with van der Waals surface area (Å²) in [5, 5.41) is 11.6. The van der Waals surface area contributed by atoms with Gasteiger partial charge in [-0.05, 0) is 37.5 Å². The molecule has 2 fully saturated rings. The van der Waals surface area contributed by atoms with Gasteiger partial charge in [-0.25, -0.2) is 4.79 Å². The van der Waals surface area contributed by atoms with Crippen LogP contribution in [0, 0.1) is 11.8 Å². The van der Waals surface area contributed by atoms with E-state index in [1.54, 1.807) is 4.90 Å². The van der Waals surface area contributed by atoms with Gasteiger partial charge in [-0.15, -0.1) is 0 Å². The number of aliphatic carboxylic acids is 1. The second-order valence-corrected chi connectivity index (χ2v) is 5.57. The third kappa shape index (κ3) is 3.89. The van der Waals surface area contributed by atoms with E-state index in [0.29, 0.717) is 19.0 Å². The summed E-state index contributed by atoms with van der Waals surface area (Å²) in [7, 11) is 0. The number of amides is 2. The molecule has 2 amide bonds. The molecule has 0 heterocycles. The number of urea groups is 1. The van der Waals surface area contributed by atoms with Crippen LogP contribution in [0.25, 0.3) is 0 Å². The minimum absolute atomic E-state index is 0.0299. The average Bonchev–Trinajstić information content (AvgIpc) is 3.16. The number of carboxylic acid groups (broad SMARTS) is 1. The molecule has 2 aliphatic carbocycles. The molecule has 2 rings (SSSR count). The molecule has 1 atom stereocenters. The number of rotatable bonds is 7. The smallest absolute Gasteiger partial charge is 0.317 e. The highest BCUT2D eigenvalue weighted by Gasteiger charge is 2.33. The molecule has 102 valence electrons. The number of nitrogens with zero attached hydrogens (tertiary/aromatic N) is 1. The Labute approximate surface area is 108 Å². The molecule has 5 nitrogen and oxygen atoms in total. The lowest BCUT2D eigenvalue weighted by molar-refractivity contribution is -0.137. The van der Waals surface area contributed by atoms with E-state index in [9.17, 15) is 9.59 Å². The van der Waals surface area contributed by atoms with E-state index >= 15 is 0 Å². The lowest BCUT2D eigenvalue weighted by atomic mass is 10.1. The van der Waals surface area contributed by atoms with Crippen molar-refractivity contribution in [2.45, 2.75) is 45.1 Å². The van der Waals surface area contributed by atoms with Gasteiger partial charge in [0.25, 0.3) is 0 Å². The number of nitrogens with one attached hydrogen (secondary N) is 1. The number of carbonyl (C=O) groups excluding carboxylic acids is 1. The largest absolute Gasteiger partial charge is 0.481 e. The van der Waals surface area contributed by atoms with Crippen LogP contribution in [0.5, 0.6) is 0 Å². The van der Waals surface area contributed by atoms with E-state index in [2.05, 4.69) is 12.2 Å². The van der Waals surface area contributed by atoms with Gasteiger partial charge in [0.2, 0.25) is 0 Å². The summed E-state index contributed by atoms with van der Waals surface area (Å²) in [6, 6.07) is 0.173. The molecule has 0 aromatic carbocycles. The summed E-state index contributed by atoms with van der Waals surface area (Å²) in [6.07, 6.45) is 4.60. The van der Waals surface area contributed by atoms with Crippen molar-refractivity contribution in [2.24, 2.45) is 11.8 Å². The first-order valence-electron chi connectivity index (χ1n) is 6.84. The van der Waals surface area contributed by atoms with Crippen LogP contribution in [0.15, 0.2) is 0 Å². The van der Waals surface area contributed by atoms with Crippen LogP contribution in [-0.4, -0.2) is 41.1 Å². The topological polar surface area (TPSA) is 69.6 Å². The highest BCUT2D eigenvalue weighted by atomic mass is 16.4. The average molecular weight is 254 g/mol. The van der Waals surface area contributed by atoms with Crippen molar-refractivity contribution in [3.63, 3.8) is 0 Å². The molecule has 0 aliphatic heterocycles. The molecule has 0 spiro atoms. The molecule has 0 radical (unpaired) electrons. The van der Waals surface area contributed by atoms with Gasteiger partial charge >= 0.3 is 12.0 Å². The van der Waals surface area contributed by atoms with Crippen molar-refractivity contribution in [3.05, 3.63) is 0 Å². The summed E-state index contributed by atoms with van der Waals surface area (Å²) < 4.78 is 0. The van der Waals surface area contributed by atoms with Gasteiger partial charge < -0.3 is 15.3 Å². The van der Waals surface area contributed by atoms with E-state index < -0.39 is 5.97 Å². The Balaban J connectivity index is 1.74. The van der Waals surface area contributed by atoms with Crippen molar-refractivity contribution in [2.75, 3.05) is 13.1 Å². The van der Waals surface area contributed by atoms with E-state index in [4.69, 9.17) is 5.11 Å². The molecule has 1 unspecified atom stereocenters. The van der Waals surface area contributed by atoms with Gasteiger partial charge in [-0.2, -0.15) is 0 Å². The normalized spacial score (nSPS) is 20.3. The molecule has 2 saturated carbocycles. The second-order valence-electron chi connectivity index (χ2n) is 5.57. The van der Waals surface area contributed by atoms with Crippen molar-refractivity contribution in [1.82, 2.24) is 10.2 Å². The Bertz CT molecular complexity index is 324. The molecule has 0 aromatic rings. The fraction of sp³-hybridized carbons (Fsp3) is 0.846. The third-order valence-electron chi connectivity index (χ3n) is 3.82. The van der Waals surface area contributed by atoms with Crippen molar-refractivity contribution in [3.8, 4) is 0 Å². The van der Waals surface area contributed by atoms with Crippen LogP contribution in [0.4, 0.5) is 4.79 Å². The van der Waals surface area contributed by atoms with Gasteiger partial charge in [0.15, 0.2) is 0 Å². The van der Waals surface area contributed by atoms with Crippen molar-refractivity contribution in [1.29, 1.82) is 0 Å². The van der Waals surface area contributed by atoms with Crippen LogP contribution in [0.3, 0.4) is 0 Å². The van der Waals surface area contributed by atoms with Gasteiger partial charge in [0.1, 0.15) is 0 Å². The summed E-state index contributed by atoms with van der Waals surface area (Å²) in [5.74, 6) is 0.466. The van der Waals surface area contributed by atoms with E-state index in [1.807, 2.05) is 0 Å². The molecule has 2 N–H and O–H groups in total. The first kappa shape index (κ1) is 13.2. The SMILES string of the molecule is CC(CNC(=O)N(CCC(=O)O)C1CC1)C1CC1. The monoisotopic (exact) mass is 254 g/mol. The van der Waals surface area contributed by atoms with Gasteiger partial charge in [0, 0.05) is 19.1 Å². The Kier molecular flexibility index (Phi) is 4.09. The Morgan fingerprint density at radius 3 is 2.50 bits per heavy atom. The quantitative estimate of drug-likeness (QED) is 0.726. The third-order valence-corrected chi connectivity index (χ3v) is 3.82. The van der Waals surface area contributed by atoms with E-state index in [-0.39, 0.29) is 18.5 Å². The van der Waals surface area contributed by atoms with Crippen LogP contribution in [0.1, 0.15) is 39.0 Å². The predicted octanol–water partition coefficient (Wildman–Crippen LogP) is 1.68. The Hall–Kier alpha value is -1.26. The second kappa shape index (κ2) is 5.59. The van der Waals surface area contributed by atoms with Crippen LogP contribution >= 0.6 is 0 Å². The summed E-state index contributed by atoms with van der Waals surface area (Å²) >= 11 is 0. The Morgan fingerprint density at radius 2 is 2.00 bits per heavy atom.